The molecule has 0 spiro atoms. The van der Waals surface area contributed by atoms with Crippen LogP contribution >= 0.6 is 23.5 Å². The number of hydrogen-bond acceptors (Lipinski definition) is 2. The Labute approximate surface area is 96.3 Å². The molecule has 0 nitrogen and oxygen atoms in total. The highest BCUT2D eigenvalue weighted by atomic mass is 32.2. The van der Waals surface area contributed by atoms with E-state index in [1.807, 2.05) is 0 Å². The van der Waals surface area contributed by atoms with Crippen LogP contribution in [-0.2, 0) is 0 Å². The summed E-state index contributed by atoms with van der Waals surface area (Å²) in [4.78, 5) is 1.71. The van der Waals surface area contributed by atoms with Crippen LogP contribution in [0.4, 0.5) is 0 Å². The minimum atomic E-state index is 0.922. The fraction of sp³-hybridized carbons (Fsp3) is 0.833. The number of allylic oxidation sites excluding steroid dienone is 2. The van der Waals surface area contributed by atoms with Crippen LogP contribution in [0.15, 0.2) is 11.0 Å². The molecule has 2 rings (SSSR count). The molecule has 2 atom stereocenters. The van der Waals surface area contributed by atoms with Gasteiger partial charge in [0.1, 0.15) is 0 Å². The van der Waals surface area contributed by atoms with E-state index in [4.69, 9.17) is 0 Å². The van der Waals surface area contributed by atoms with Crippen molar-refractivity contribution in [2.75, 3.05) is 11.5 Å². The van der Waals surface area contributed by atoms with Gasteiger partial charge in [-0.25, -0.2) is 0 Å². The molecule has 1 fully saturated rings. The smallest absolute Gasteiger partial charge is 0.0253 e. The maximum absolute atomic E-state index is 2.57. The summed E-state index contributed by atoms with van der Waals surface area (Å²) in [6.45, 7) is 2.28. The third kappa shape index (κ3) is 2.73. The van der Waals surface area contributed by atoms with Gasteiger partial charge in [-0.3, -0.25) is 0 Å². The third-order valence-electron chi connectivity index (χ3n) is 3.05. The number of hydrogen-bond donors (Lipinski definition) is 0. The molecule has 0 radical (unpaired) electrons. The summed E-state index contributed by atoms with van der Waals surface area (Å²) >= 11 is 4.31. The van der Waals surface area contributed by atoms with Crippen molar-refractivity contribution in [3.8, 4) is 0 Å². The quantitative estimate of drug-likeness (QED) is 0.643. The van der Waals surface area contributed by atoms with Crippen molar-refractivity contribution in [1.29, 1.82) is 0 Å². The second-order valence-electron chi connectivity index (χ2n) is 4.30. The van der Waals surface area contributed by atoms with Gasteiger partial charge >= 0.3 is 0 Å². The van der Waals surface area contributed by atoms with Gasteiger partial charge in [-0.05, 0) is 23.7 Å². The Bertz CT molecular complexity index is 210. The Morgan fingerprint density at radius 2 is 2.21 bits per heavy atom. The highest BCUT2D eigenvalue weighted by Gasteiger charge is 2.32. The molecule has 2 aliphatic heterocycles. The molecule has 0 saturated carbocycles. The molecular weight excluding hydrogens is 208 g/mol. The van der Waals surface area contributed by atoms with Crippen LogP contribution in [0.25, 0.3) is 0 Å². The first-order chi connectivity index (χ1) is 6.90. The van der Waals surface area contributed by atoms with Crippen LogP contribution in [-0.4, -0.2) is 16.8 Å². The number of fused-ring (bicyclic) bond motifs is 1. The SMILES string of the molecule is CCCCCCC1=CC2CSCC2S1. The lowest BCUT2D eigenvalue weighted by atomic mass is 10.1. The average molecular weight is 228 g/mol. The summed E-state index contributed by atoms with van der Waals surface area (Å²) in [6.07, 6.45) is 9.55. The molecule has 0 bridgehead atoms. The predicted molar refractivity (Wildman–Crippen MR) is 69.0 cm³/mol. The molecule has 0 aromatic carbocycles. The van der Waals surface area contributed by atoms with Crippen LogP contribution in [0.1, 0.15) is 39.0 Å². The van der Waals surface area contributed by atoms with E-state index in [0.29, 0.717) is 0 Å². The number of unbranched alkanes of at least 4 members (excludes halogenated alkanes) is 3. The molecule has 80 valence electrons. The maximum Gasteiger partial charge on any atom is 0.0253 e. The van der Waals surface area contributed by atoms with E-state index in [9.17, 15) is 0 Å². The highest BCUT2D eigenvalue weighted by molar-refractivity contribution is 8.06. The molecule has 2 aliphatic rings. The summed E-state index contributed by atoms with van der Waals surface area (Å²) in [6, 6.07) is 0. The largest absolute Gasteiger partial charge is 0.160 e. The average Bonchev–Trinajstić information content (AvgIpc) is 2.72. The van der Waals surface area contributed by atoms with E-state index in [-0.39, 0.29) is 0 Å². The van der Waals surface area contributed by atoms with Gasteiger partial charge in [-0.1, -0.05) is 32.3 Å². The Hall–Kier alpha value is 0.440. The van der Waals surface area contributed by atoms with Gasteiger partial charge in [0.25, 0.3) is 0 Å². The molecule has 0 aliphatic carbocycles. The summed E-state index contributed by atoms with van der Waals surface area (Å²) < 4.78 is 0. The van der Waals surface area contributed by atoms with E-state index in [1.165, 1.54) is 43.6 Å². The van der Waals surface area contributed by atoms with Crippen molar-refractivity contribution in [3.05, 3.63) is 11.0 Å². The predicted octanol–water partition coefficient (Wildman–Crippen LogP) is 4.32. The Balaban J connectivity index is 1.67. The Morgan fingerprint density at radius 1 is 1.29 bits per heavy atom. The fourth-order valence-corrected chi connectivity index (χ4v) is 5.32. The first kappa shape index (κ1) is 10.9. The third-order valence-corrected chi connectivity index (χ3v) is 5.94. The van der Waals surface area contributed by atoms with E-state index in [2.05, 4.69) is 36.5 Å². The van der Waals surface area contributed by atoms with Gasteiger partial charge in [0.2, 0.25) is 0 Å². The van der Waals surface area contributed by atoms with Crippen LogP contribution in [0.3, 0.4) is 0 Å². The Morgan fingerprint density at radius 3 is 3.00 bits per heavy atom. The lowest BCUT2D eigenvalue weighted by Crippen LogP contribution is -2.06. The lowest BCUT2D eigenvalue weighted by Gasteiger charge is -2.05. The summed E-state index contributed by atoms with van der Waals surface area (Å²) in [5.41, 5.74) is 0. The highest BCUT2D eigenvalue weighted by Crippen LogP contribution is 2.45. The second-order valence-corrected chi connectivity index (χ2v) is 6.74. The monoisotopic (exact) mass is 228 g/mol. The number of rotatable bonds is 5. The summed E-state index contributed by atoms with van der Waals surface area (Å²) in [5.74, 6) is 3.70. The van der Waals surface area contributed by atoms with Gasteiger partial charge in [0.05, 0.1) is 0 Å². The van der Waals surface area contributed by atoms with E-state index >= 15 is 0 Å². The molecule has 0 aromatic rings. The van der Waals surface area contributed by atoms with Crippen molar-refractivity contribution in [2.45, 2.75) is 44.3 Å². The second kappa shape index (κ2) is 5.50. The van der Waals surface area contributed by atoms with Gasteiger partial charge in [0, 0.05) is 16.8 Å². The first-order valence-corrected chi connectivity index (χ1v) is 7.88. The number of thioether (sulfide) groups is 2. The molecule has 1 saturated heterocycles. The van der Waals surface area contributed by atoms with E-state index in [0.717, 1.165) is 11.2 Å². The van der Waals surface area contributed by atoms with Crippen LogP contribution in [0, 0.1) is 5.92 Å². The zero-order chi connectivity index (χ0) is 9.80. The van der Waals surface area contributed by atoms with Crippen molar-refractivity contribution in [1.82, 2.24) is 0 Å². The molecule has 0 aromatic heterocycles. The summed E-state index contributed by atoms with van der Waals surface area (Å²) in [7, 11) is 0. The Kier molecular flexibility index (Phi) is 4.30. The normalized spacial score (nSPS) is 30.5. The minimum Gasteiger partial charge on any atom is -0.160 e. The molecule has 0 N–H and O–H groups in total. The van der Waals surface area contributed by atoms with Crippen molar-refractivity contribution in [3.63, 3.8) is 0 Å². The van der Waals surface area contributed by atoms with Crippen LogP contribution < -0.4 is 0 Å². The van der Waals surface area contributed by atoms with Gasteiger partial charge in [0.15, 0.2) is 0 Å². The molecular formula is C12H20S2. The van der Waals surface area contributed by atoms with Crippen molar-refractivity contribution >= 4 is 23.5 Å². The van der Waals surface area contributed by atoms with E-state index < -0.39 is 0 Å². The molecule has 2 heterocycles. The molecule has 14 heavy (non-hydrogen) atoms. The lowest BCUT2D eigenvalue weighted by molar-refractivity contribution is 0.671. The molecule has 2 unspecified atom stereocenters. The zero-order valence-electron chi connectivity index (χ0n) is 9.00. The van der Waals surface area contributed by atoms with Crippen molar-refractivity contribution in [2.24, 2.45) is 5.92 Å². The minimum absolute atomic E-state index is 0.922. The zero-order valence-corrected chi connectivity index (χ0v) is 10.6. The molecule has 0 amide bonds. The topological polar surface area (TPSA) is 0 Å². The van der Waals surface area contributed by atoms with Crippen molar-refractivity contribution < 1.29 is 0 Å². The van der Waals surface area contributed by atoms with Crippen LogP contribution in [0.2, 0.25) is 0 Å². The first-order valence-electron chi connectivity index (χ1n) is 5.85. The fourth-order valence-electron chi connectivity index (χ4n) is 2.17. The van der Waals surface area contributed by atoms with Crippen LogP contribution in [0.5, 0.6) is 0 Å². The standard InChI is InChI=1S/C12H20S2/c1-2-3-4-5-6-11-7-10-8-13-9-12(10)14-11/h7,10,12H,2-6,8-9H2,1H3. The summed E-state index contributed by atoms with van der Waals surface area (Å²) in [5, 5.41) is 0.946. The van der Waals surface area contributed by atoms with E-state index in [1.54, 1.807) is 4.91 Å². The molecule has 2 heteroatoms. The van der Waals surface area contributed by atoms with Gasteiger partial charge < -0.3 is 0 Å². The van der Waals surface area contributed by atoms with Gasteiger partial charge in [-0.15, -0.1) is 11.8 Å². The maximum atomic E-state index is 2.57. The van der Waals surface area contributed by atoms with Gasteiger partial charge in [-0.2, -0.15) is 11.8 Å².